The second kappa shape index (κ2) is 14.6. The van der Waals surface area contributed by atoms with E-state index in [1.54, 1.807) is 0 Å². The van der Waals surface area contributed by atoms with E-state index in [1.165, 1.54) is 25.7 Å². The minimum atomic E-state index is -4.67. The van der Waals surface area contributed by atoms with Crippen LogP contribution >= 0.6 is 0 Å². The van der Waals surface area contributed by atoms with Crippen molar-refractivity contribution in [2.75, 3.05) is 12.3 Å². The number of rotatable bonds is 6. The monoisotopic (exact) mass is 635 g/mol. The van der Waals surface area contributed by atoms with Gasteiger partial charge in [-0.15, -0.1) is 0 Å². The summed E-state index contributed by atoms with van der Waals surface area (Å²) in [7, 11) is -8.47. The molecule has 4 aliphatic rings. The predicted molar refractivity (Wildman–Crippen MR) is 156 cm³/mol. The zero-order valence-corrected chi connectivity index (χ0v) is 28.8. The maximum atomic E-state index is 11.9. The maximum absolute atomic E-state index is 11.9. The van der Waals surface area contributed by atoms with Crippen LogP contribution in [-0.2, 0) is 25.3 Å². The van der Waals surface area contributed by atoms with Gasteiger partial charge in [0.15, 0.2) is 0 Å². The summed E-state index contributed by atoms with van der Waals surface area (Å²) in [5.41, 5.74) is 5.34. The molecular weight excluding hydrogens is 585 g/mol. The number of carbonyl (C=O) groups is 1. The Morgan fingerprint density at radius 1 is 0.951 bits per heavy atom. The molecule has 0 radical (unpaired) electrons. The molecule has 4 rings (SSSR count). The van der Waals surface area contributed by atoms with Gasteiger partial charge in [-0.3, -0.25) is 13.7 Å². The molecule has 0 aromatic rings. The summed E-state index contributed by atoms with van der Waals surface area (Å²) in [6.07, 6.45) is 9.32. The first-order valence-electron chi connectivity index (χ1n) is 14.9. The van der Waals surface area contributed by atoms with Crippen molar-refractivity contribution in [3.8, 4) is 0 Å². The minimum Gasteiger partial charge on any atom is -0.329 e. The number of hydrogen-bond acceptors (Lipinski definition) is 8. The summed E-state index contributed by atoms with van der Waals surface area (Å²) in [6, 6.07) is 0. The van der Waals surface area contributed by atoms with E-state index in [1.807, 2.05) is 0 Å². The molecule has 4 fully saturated rings. The van der Waals surface area contributed by atoms with Crippen LogP contribution in [0.25, 0.3) is 0 Å². The summed E-state index contributed by atoms with van der Waals surface area (Å²) in [6.45, 7) is 9.54. The Bertz CT molecular complexity index is 1100. The van der Waals surface area contributed by atoms with Crippen LogP contribution in [0.4, 0.5) is 0 Å². The molecule has 0 aromatic heterocycles. The van der Waals surface area contributed by atoms with Crippen molar-refractivity contribution in [1.29, 1.82) is 0 Å². The molecule has 236 valence electrons. The Morgan fingerprint density at radius 2 is 1.49 bits per heavy atom. The van der Waals surface area contributed by atoms with Crippen molar-refractivity contribution in [2.45, 2.75) is 97.7 Å². The fourth-order valence-electron chi connectivity index (χ4n) is 9.68. The molecule has 0 spiro atoms. The van der Waals surface area contributed by atoms with Gasteiger partial charge in [0.1, 0.15) is 0 Å². The quantitative estimate of drug-likeness (QED) is 0.184. The average Bonchev–Trinajstić information content (AvgIpc) is 3.16. The van der Waals surface area contributed by atoms with E-state index in [0.717, 1.165) is 32.1 Å². The minimum absolute atomic E-state index is 0.0289. The zero-order valence-electron chi connectivity index (χ0n) is 25.1. The second-order valence-electron chi connectivity index (χ2n) is 13.5. The fraction of sp³-hybridized carbons (Fsp3) is 0.963. The molecule has 11 atom stereocenters. The standard InChI is InChI=1S/C25H41O3.C2H7NO3S.Na.H2O4S/c1-5-17-21-14-16(27)8-11-25(21,4)20-9-12-24(3)18(15(2)10-13-26)6-7-19(24)22(20)23(17)28;3-1-2-7(4,5)6;;1-5(2,3)4/h15-23,27-28H,5-12,14H2,1-4H3;1-3H2,(H,4,5,6);;(H2,1,2,3,4)/t15-,16+,17-,18-,19?,20?,21+,22?,23-,24-,25-;;;/m1.../s1. The molecule has 3 unspecified atom stereocenters. The van der Waals surface area contributed by atoms with Gasteiger partial charge in [0, 0.05) is 6.54 Å². The topological polar surface area (TPSA) is 213 Å². The molecule has 14 heteroatoms. The zero-order chi connectivity index (χ0) is 31.6. The van der Waals surface area contributed by atoms with Gasteiger partial charge in [-0.05, 0) is 0 Å². The molecular formula is C27H50NNaO10S2. The van der Waals surface area contributed by atoms with Gasteiger partial charge in [0.25, 0.3) is 10.1 Å². The van der Waals surface area contributed by atoms with Crippen LogP contribution in [0, 0.1) is 52.3 Å². The van der Waals surface area contributed by atoms with Gasteiger partial charge in [-0.2, -0.15) is 16.8 Å². The first-order valence-corrected chi connectivity index (χ1v) is 18.9. The number of nitrogens with two attached hydrogens (primary N) is 1. The van der Waals surface area contributed by atoms with Gasteiger partial charge in [-0.1, -0.05) is 0 Å². The average molecular weight is 636 g/mol. The van der Waals surface area contributed by atoms with Crippen molar-refractivity contribution >= 4 is 51.5 Å². The van der Waals surface area contributed by atoms with Crippen LogP contribution in [0.15, 0.2) is 0 Å². The van der Waals surface area contributed by atoms with Gasteiger partial charge in [0.2, 0.25) is 0 Å². The van der Waals surface area contributed by atoms with E-state index in [4.69, 9.17) is 27.8 Å². The van der Waals surface area contributed by atoms with Gasteiger partial charge < -0.3 is 10.8 Å². The maximum Gasteiger partial charge on any atom is 0.394 e. The van der Waals surface area contributed by atoms with E-state index in [2.05, 4.69) is 27.7 Å². The molecule has 41 heavy (non-hydrogen) atoms. The summed E-state index contributed by atoms with van der Waals surface area (Å²) < 4.78 is 59.4. The SMILES string of the molecule is CC[C@H]1[C@@H](O)C2C3CC[C@H]([C@H](C)C[C](=O)[Na])[C@@]3(C)CCC2[C@@]2(C)CC[C@H](O)C[C@@H]12.NCCS(=O)(=O)O.O=S(=O)(O)O. The largest absolute Gasteiger partial charge is 0.394 e. The third-order valence-corrected chi connectivity index (χ3v) is 12.3. The molecule has 0 amide bonds. The molecule has 0 aromatic carbocycles. The molecule has 4 saturated carbocycles. The van der Waals surface area contributed by atoms with Crippen molar-refractivity contribution < 1.29 is 45.5 Å². The molecule has 7 N–H and O–H groups in total. The Balaban J connectivity index is 0.000000414. The molecule has 4 aliphatic carbocycles. The summed E-state index contributed by atoms with van der Waals surface area (Å²) >= 11 is 0.676. The van der Waals surface area contributed by atoms with Crippen LogP contribution in [-0.4, -0.2) is 96.2 Å². The first kappa shape index (κ1) is 37.5. The number of carbonyl (C=O) groups excluding carboxylic acids is 1. The van der Waals surface area contributed by atoms with Crippen molar-refractivity contribution in [2.24, 2.45) is 58.0 Å². The van der Waals surface area contributed by atoms with Crippen LogP contribution < -0.4 is 5.73 Å². The van der Waals surface area contributed by atoms with Gasteiger partial charge >= 0.3 is 201 Å². The number of fused-ring (bicyclic) bond motifs is 5. The van der Waals surface area contributed by atoms with Crippen molar-refractivity contribution in [3.63, 3.8) is 0 Å². The Kier molecular flexibility index (Phi) is 13.4. The molecule has 11 nitrogen and oxygen atoms in total. The van der Waals surface area contributed by atoms with Crippen LogP contribution in [0.2, 0.25) is 0 Å². The van der Waals surface area contributed by atoms with Gasteiger partial charge in [0.05, 0.1) is 5.75 Å². The fourth-order valence-corrected chi connectivity index (χ4v) is 10.6. The third-order valence-electron chi connectivity index (χ3n) is 11.1. The summed E-state index contributed by atoms with van der Waals surface area (Å²) in [5.74, 6) is 3.19. The summed E-state index contributed by atoms with van der Waals surface area (Å²) in [5, 5.41) is 22.1. The second-order valence-corrected chi connectivity index (χ2v) is 17.1. The number of aliphatic hydroxyl groups is 2. The van der Waals surface area contributed by atoms with Crippen LogP contribution in [0.5, 0.6) is 0 Å². The van der Waals surface area contributed by atoms with Gasteiger partial charge in [-0.25, -0.2) is 0 Å². The normalized spacial score (nSPS) is 40.9. The Morgan fingerprint density at radius 3 is 1.95 bits per heavy atom. The number of aliphatic hydroxyl groups excluding tert-OH is 2. The molecule has 0 bridgehead atoms. The Labute approximate surface area is 263 Å². The molecule has 0 aliphatic heterocycles. The van der Waals surface area contributed by atoms with E-state index in [0.29, 0.717) is 72.4 Å². The smallest absolute Gasteiger partial charge is 0.329 e. The number of hydrogen-bond donors (Lipinski definition) is 6. The molecule has 0 heterocycles. The van der Waals surface area contributed by atoms with E-state index in [9.17, 15) is 23.4 Å². The first-order chi connectivity index (χ1) is 18.7. The van der Waals surface area contributed by atoms with Crippen LogP contribution in [0.3, 0.4) is 0 Å². The van der Waals surface area contributed by atoms with Crippen molar-refractivity contribution in [1.82, 2.24) is 0 Å². The van der Waals surface area contributed by atoms with Crippen LogP contribution in [0.1, 0.15) is 85.5 Å². The molecule has 0 saturated heterocycles. The van der Waals surface area contributed by atoms with E-state index < -0.39 is 20.5 Å². The predicted octanol–water partition coefficient (Wildman–Crippen LogP) is 2.51. The van der Waals surface area contributed by atoms with E-state index in [-0.39, 0.29) is 35.3 Å². The summed E-state index contributed by atoms with van der Waals surface area (Å²) in [4.78, 5) is 11.9. The third kappa shape index (κ3) is 9.42. The van der Waals surface area contributed by atoms with Crippen molar-refractivity contribution in [3.05, 3.63) is 0 Å². The Hall–Kier alpha value is 0.330. The van der Waals surface area contributed by atoms with E-state index >= 15 is 0 Å².